The van der Waals surface area contributed by atoms with Crippen molar-refractivity contribution >= 4 is 15.7 Å². The molecule has 0 saturated heterocycles. The molecule has 0 amide bonds. The Balaban J connectivity index is 2.87. The van der Waals surface area contributed by atoms with Gasteiger partial charge in [-0.2, -0.15) is 0 Å². The second-order valence-corrected chi connectivity index (χ2v) is 5.69. The maximum Gasteiger partial charge on any atom is 0.269 e. The Morgan fingerprint density at radius 1 is 1.32 bits per heavy atom. The third kappa shape index (κ3) is 4.27. The third-order valence-corrected chi connectivity index (χ3v) is 4.12. The summed E-state index contributed by atoms with van der Waals surface area (Å²) in [6.07, 6.45) is 0. The van der Waals surface area contributed by atoms with Crippen LogP contribution in [0.4, 0.5) is 5.69 Å². The molecule has 106 valence electrons. The van der Waals surface area contributed by atoms with Gasteiger partial charge in [0.25, 0.3) is 5.69 Å². The van der Waals surface area contributed by atoms with Crippen LogP contribution in [0.25, 0.3) is 0 Å². The van der Waals surface area contributed by atoms with E-state index in [-0.39, 0.29) is 17.1 Å². The minimum absolute atomic E-state index is 0.0644. The number of nitro groups is 1. The SMILES string of the molecule is CCNCCNS(=O)(=O)c1ccc([N+](=O)[O-])cc1C. The molecule has 19 heavy (non-hydrogen) atoms. The third-order valence-electron chi connectivity index (χ3n) is 2.50. The number of benzene rings is 1. The van der Waals surface area contributed by atoms with Crippen molar-refractivity contribution in [2.45, 2.75) is 18.7 Å². The fraction of sp³-hybridized carbons (Fsp3) is 0.455. The molecule has 0 spiro atoms. The zero-order valence-electron chi connectivity index (χ0n) is 10.8. The number of non-ortho nitro benzene ring substituents is 1. The largest absolute Gasteiger partial charge is 0.316 e. The number of likely N-dealkylation sites (N-methyl/N-ethyl adjacent to an activating group) is 1. The van der Waals surface area contributed by atoms with Crippen LogP contribution >= 0.6 is 0 Å². The summed E-state index contributed by atoms with van der Waals surface area (Å²) in [4.78, 5) is 10.1. The highest BCUT2D eigenvalue weighted by atomic mass is 32.2. The Bertz CT molecular complexity index is 557. The second-order valence-electron chi connectivity index (χ2n) is 3.96. The van der Waals surface area contributed by atoms with Crippen molar-refractivity contribution in [1.82, 2.24) is 10.0 Å². The van der Waals surface area contributed by atoms with E-state index in [4.69, 9.17) is 0 Å². The summed E-state index contributed by atoms with van der Waals surface area (Å²) in [5.74, 6) is 0. The lowest BCUT2D eigenvalue weighted by Gasteiger charge is -2.09. The predicted octanol–water partition coefficient (Wildman–Crippen LogP) is 0.791. The number of hydrogen-bond donors (Lipinski definition) is 2. The number of nitrogens with one attached hydrogen (secondary N) is 2. The van der Waals surface area contributed by atoms with E-state index in [2.05, 4.69) is 10.0 Å². The molecule has 1 aromatic rings. The lowest BCUT2D eigenvalue weighted by molar-refractivity contribution is -0.385. The van der Waals surface area contributed by atoms with Gasteiger partial charge in [0, 0.05) is 25.2 Å². The molecule has 1 rings (SSSR count). The predicted molar refractivity (Wildman–Crippen MR) is 71.6 cm³/mol. The van der Waals surface area contributed by atoms with Crippen LogP contribution in [0, 0.1) is 17.0 Å². The van der Waals surface area contributed by atoms with Gasteiger partial charge in [0.05, 0.1) is 9.82 Å². The van der Waals surface area contributed by atoms with E-state index in [1.165, 1.54) is 25.1 Å². The van der Waals surface area contributed by atoms with Crippen LogP contribution in [0.5, 0.6) is 0 Å². The molecule has 0 fully saturated rings. The molecule has 0 saturated carbocycles. The van der Waals surface area contributed by atoms with Gasteiger partial charge < -0.3 is 5.32 Å². The Labute approximate surface area is 112 Å². The van der Waals surface area contributed by atoms with Crippen molar-refractivity contribution in [3.05, 3.63) is 33.9 Å². The molecular weight excluding hydrogens is 270 g/mol. The topological polar surface area (TPSA) is 101 Å². The van der Waals surface area contributed by atoms with E-state index in [1.807, 2.05) is 6.92 Å². The normalized spacial score (nSPS) is 11.5. The Hall–Kier alpha value is -1.51. The maximum absolute atomic E-state index is 12.0. The molecule has 0 atom stereocenters. The summed E-state index contributed by atoms with van der Waals surface area (Å²) >= 11 is 0. The average molecular weight is 287 g/mol. The van der Waals surface area contributed by atoms with Crippen LogP contribution in [0.15, 0.2) is 23.1 Å². The minimum Gasteiger partial charge on any atom is -0.316 e. The molecule has 0 radical (unpaired) electrons. The maximum atomic E-state index is 12.0. The molecule has 0 aliphatic carbocycles. The van der Waals surface area contributed by atoms with Crippen molar-refractivity contribution < 1.29 is 13.3 Å². The van der Waals surface area contributed by atoms with Crippen LogP contribution in [-0.4, -0.2) is 33.0 Å². The molecule has 0 aliphatic heterocycles. The van der Waals surface area contributed by atoms with E-state index in [1.54, 1.807) is 0 Å². The fourth-order valence-electron chi connectivity index (χ4n) is 1.58. The van der Waals surface area contributed by atoms with Gasteiger partial charge in [-0.25, -0.2) is 13.1 Å². The molecule has 0 bridgehead atoms. The van der Waals surface area contributed by atoms with E-state index < -0.39 is 14.9 Å². The van der Waals surface area contributed by atoms with Crippen LogP contribution in [-0.2, 0) is 10.0 Å². The summed E-state index contributed by atoms with van der Waals surface area (Å²) in [6.45, 7) is 5.02. The first kappa shape index (κ1) is 15.5. The van der Waals surface area contributed by atoms with Gasteiger partial charge in [-0.05, 0) is 25.1 Å². The van der Waals surface area contributed by atoms with Gasteiger partial charge in [-0.1, -0.05) is 6.92 Å². The molecule has 7 nitrogen and oxygen atoms in total. The van der Waals surface area contributed by atoms with Crippen LogP contribution in [0.2, 0.25) is 0 Å². The molecule has 2 N–H and O–H groups in total. The van der Waals surface area contributed by atoms with Crippen LogP contribution in [0.1, 0.15) is 12.5 Å². The van der Waals surface area contributed by atoms with Gasteiger partial charge in [0.15, 0.2) is 0 Å². The number of sulfonamides is 1. The molecule has 0 unspecified atom stereocenters. The smallest absolute Gasteiger partial charge is 0.269 e. The number of nitro benzene ring substituents is 1. The van der Waals surface area contributed by atoms with Gasteiger partial charge in [-0.3, -0.25) is 10.1 Å². The Kier molecular flexibility index (Phi) is 5.40. The number of hydrogen-bond acceptors (Lipinski definition) is 5. The van der Waals surface area contributed by atoms with E-state index in [9.17, 15) is 18.5 Å². The first-order valence-electron chi connectivity index (χ1n) is 5.84. The zero-order chi connectivity index (χ0) is 14.5. The summed E-state index contributed by atoms with van der Waals surface area (Å²) in [7, 11) is -3.63. The lowest BCUT2D eigenvalue weighted by atomic mass is 10.2. The Morgan fingerprint density at radius 2 is 2.00 bits per heavy atom. The quantitative estimate of drug-likeness (QED) is 0.438. The van der Waals surface area contributed by atoms with Crippen molar-refractivity contribution in [3.63, 3.8) is 0 Å². The number of aryl methyl sites for hydroxylation is 1. The molecule has 0 aromatic heterocycles. The zero-order valence-corrected chi connectivity index (χ0v) is 11.7. The molecule has 8 heteroatoms. The van der Waals surface area contributed by atoms with E-state index in [0.717, 1.165) is 6.54 Å². The summed E-state index contributed by atoms with van der Waals surface area (Å²) in [5, 5.41) is 13.6. The monoisotopic (exact) mass is 287 g/mol. The molecular formula is C11H17N3O4S. The summed E-state index contributed by atoms with van der Waals surface area (Å²) < 4.78 is 26.4. The second kappa shape index (κ2) is 6.60. The van der Waals surface area contributed by atoms with Gasteiger partial charge in [0.1, 0.15) is 0 Å². The summed E-state index contributed by atoms with van der Waals surface area (Å²) in [5.41, 5.74) is 0.231. The van der Waals surface area contributed by atoms with Gasteiger partial charge >= 0.3 is 0 Å². The summed E-state index contributed by atoms with van der Waals surface area (Å²) in [6, 6.07) is 3.69. The standard InChI is InChI=1S/C11H17N3O4S/c1-3-12-6-7-13-19(17,18)11-5-4-10(14(15)16)8-9(11)2/h4-5,8,12-13H,3,6-7H2,1-2H3. The highest BCUT2D eigenvalue weighted by molar-refractivity contribution is 7.89. The molecule has 0 aliphatic rings. The van der Waals surface area contributed by atoms with E-state index in [0.29, 0.717) is 12.1 Å². The molecule has 1 aromatic carbocycles. The van der Waals surface area contributed by atoms with Gasteiger partial charge in [-0.15, -0.1) is 0 Å². The van der Waals surface area contributed by atoms with Crippen LogP contribution < -0.4 is 10.0 Å². The molecule has 0 heterocycles. The van der Waals surface area contributed by atoms with Crippen LogP contribution in [0.3, 0.4) is 0 Å². The van der Waals surface area contributed by atoms with Crippen molar-refractivity contribution in [1.29, 1.82) is 0 Å². The average Bonchev–Trinajstić information content (AvgIpc) is 2.34. The van der Waals surface area contributed by atoms with Crippen molar-refractivity contribution in [2.75, 3.05) is 19.6 Å². The Morgan fingerprint density at radius 3 is 2.53 bits per heavy atom. The number of nitrogens with zero attached hydrogens (tertiary/aromatic N) is 1. The van der Waals surface area contributed by atoms with E-state index >= 15 is 0 Å². The highest BCUT2D eigenvalue weighted by Crippen LogP contribution is 2.20. The highest BCUT2D eigenvalue weighted by Gasteiger charge is 2.18. The number of rotatable bonds is 7. The first-order valence-corrected chi connectivity index (χ1v) is 7.32. The minimum atomic E-state index is -3.63. The van der Waals surface area contributed by atoms with Crippen molar-refractivity contribution in [3.8, 4) is 0 Å². The fourth-order valence-corrected chi connectivity index (χ4v) is 2.83. The van der Waals surface area contributed by atoms with Crippen molar-refractivity contribution in [2.24, 2.45) is 0 Å². The van der Waals surface area contributed by atoms with Gasteiger partial charge in [0.2, 0.25) is 10.0 Å². The first-order chi connectivity index (χ1) is 8.88. The lowest BCUT2D eigenvalue weighted by Crippen LogP contribution is -2.32.